The summed E-state index contributed by atoms with van der Waals surface area (Å²) in [5, 5.41) is 0. The van der Waals surface area contributed by atoms with Crippen LogP contribution in [-0.2, 0) is 16.2 Å². The second-order valence-corrected chi connectivity index (χ2v) is 13.6. The van der Waals surface area contributed by atoms with E-state index in [1.807, 2.05) is 0 Å². The molecule has 4 heteroatoms. The normalized spacial score (nSPS) is 18.6. The van der Waals surface area contributed by atoms with E-state index in [0.717, 1.165) is 35.8 Å². The van der Waals surface area contributed by atoms with Crippen LogP contribution >= 0.6 is 0 Å². The molecule has 0 N–H and O–H groups in total. The molecule has 0 saturated heterocycles. The zero-order valence-corrected chi connectivity index (χ0v) is 25.2. The highest BCUT2D eigenvalue weighted by Gasteiger charge is 2.57. The Hall–Kier alpha value is -2.36. The average molecular weight is 509 g/mol. The van der Waals surface area contributed by atoms with Gasteiger partial charge in [-0.3, -0.25) is 0 Å². The molecule has 0 saturated carbocycles. The molecule has 0 aromatic heterocycles. The van der Waals surface area contributed by atoms with E-state index >= 15 is 0 Å². The molecule has 0 heterocycles. The number of rotatable bonds is 8. The van der Waals surface area contributed by atoms with Gasteiger partial charge in [0.1, 0.15) is 0 Å². The minimum absolute atomic E-state index is 0.00928. The highest BCUT2D eigenvalue weighted by Crippen LogP contribution is 2.65. The van der Waals surface area contributed by atoms with E-state index in [2.05, 4.69) is 107 Å². The van der Waals surface area contributed by atoms with Crippen LogP contribution in [0.5, 0.6) is 23.0 Å². The van der Waals surface area contributed by atoms with E-state index in [4.69, 9.17) is 18.9 Å². The van der Waals surface area contributed by atoms with E-state index in [0.29, 0.717) is 0 Å². The molecule has 0 atom stereocenters. The first-order valence-corrected chi connectivity index (χ1v) is 14.1. The van der Waals surface area contributed by atoms with E-state index in [1.54, 1.807) is 0 Å². The number of hydrogen-bond acceptors (Lipinski definition) is 4. The van der Waals surface area contributed by atoms with Gasteiger partial charge in [0.15, 0.2) is 23.0 Å². The summed E-state index contributed by atoms with van der Waals surface area (Å²) in [7, 11) is 0. The summed E-state index contributed by atoms with van der Waals surface area (Å²) in [6.45, 7) is 26.1. The third kappa shape index (κ3) is 5.05. The zero-order chi connectivity index (χ0) is 27.5. The lowest BCUT2D eigenvalue weighted by atomic mass is 9.72. The van der Waals surface area contributed by atoms with Crippen molar-refractivity contribution in [2.24, 2.45) is 0 Å². The Kier molecular flexibility index (Phi) is 7.05. The Bertz CT molecular complexity index is 1060. The zero-order valence-electron chi connectivity index (χ0n) is 25.2. The standard InChI is InChI=1S/C33H48O4/c1-19(2)34-27-13-23-25(15-29(27)36-21(5)6)33(17-31(23,9)10)18-32(11,12)24-14-28(35-20(3)4)30(16-26(24)33)37-22(7)8/h13-16,19-22H,17-18H2,1-12H3. The maximum Gasteiger partial charge on any atom is 0.161 e. The first kappa shape index (κ1) is 27.7. The van der Waals surface area contributed by atoms with Crippen molar-refractivity contribution in [3.8, 4) is 23.0 Å². The highest BCUT2D eigenvalue weighted by molar-refractivity contribution is 5.66. The van der Waals surface area contributed by atoms with Gasteiger partial charge in [-0.1, -0.05) is 27.7 Å². The molecule has 0 unspecified atom stereocenters. The van der Waals surface area contributed by atoms with Gasteiger partial charge in [-0.05, 0) is 126 Å². The van der Waals surface area contributed by atoms with Crippen LogP contribution in [-0.4, -0.2) is 24.4 Å². The lowest BCUT2D eigenvalue weighted by Gasteiger charge is -2.31. The van der Waals surface area contributed by atoms with Crippen molar-refractivity contribution < 1.29 is 18.9 Å². The SMILES string of the molecule is CC(C)Oc1cc2c(cc1OC(C)C)C1(CC2(C)C)CC(C)(C)c2cc(OC(C)C)c(OC(C)C)cc21. The van der Waals surface area contributed by atoms with Crippen molar-refractivity contribution in [2.45, 2.75) is 137 Å². The molecule has 1 spiro atoms. The van der Waals surface area contributed by atoms with Crippen LogP contribution in [0.25, 0.3) is 0 Å². The first-order valence-electron chi connectivity index (χ1n) is 14.1. The molecule has 0 aliphatic heterocycles. The van der Waals surface area contributed by atoms with E-state index in [1.165, 1.54) is 22.3 Å². The average Bonchev–Trinajstić information content (AvgIpc) is 3.06. The van der Waals surface area contributed by atoms with Crippen molar-refractivity contribution >= 4 is 0 Å². The monoisotopic (exact) mass is 508 g/mol. The van der Waals surface area contributed by atoms with Gasteiger partial charge in [0.25, 0.3) is 0 Å². The van der Waals surface area contributed by atoms with Gasteiger partial charge in [-0.15, -0.1) is 0 Å². The summed E-state index contributed by atoms with van der Waals surface area (Å²) in [5.41, 5.74) is 5.30. The van der Waals surface area contributed by atoms with Crippen molar-refractivity contribution in [1.82, 2.24) is 0 Å². The van der Waals surface area contributed by atoms with Crippen LogP contribution in [0.1, 0.15) is 118 Å². The van der Waals surface area contributed by atoms with Gasteiger partial charge in [0.05, 0.1) is 24.4 Å². The fraction of sp³-hybridized carbons (Fsp3) is 0.636. The Morgan fingerprint density at radius 3 is 0.946 bits per heavy atom. The Labute approximate surface area is 225 Å². The molecular weight excluding hydrogens is 460 g/mol. The molecule has 2 aromatic rings. The lowest BCUT2D eigenvalue weighted by molar-refractivity contribution is 0.198. The second kappa shape index (κ2) is 9.43. The van der Waals surface area contributed by atoms with Gasteiger partial charge in [-0.25, -0.2) is 0 Å². The molecule has 0 amide bonds. The third-order valence-electron chi connectivity index (χ3n) is 7.60. The van der Waals surface area contributed by atoms with Crippen LogP contribution in [0, 0.1) is 0 Å². The molecule has 0 fully saturated rings. The van der Waals surface area contributed by atoms with Crippen LogP contribution in [0.15, 0.2) is 24.3 Å². The van der Waals surface area contributed by atoms with Crippen LogP contribution < -0.4 is 18.9 Å². The van der Waals surface area contributed by atoms with Crippen molar-refractivity contribution in [3.63, 3.8) is 0 Å². The van der Waals surface area contributed by atoms with E-state index < -0.39 is 0 Å². The fourth-order valence-electron chi connectivity index (χ4n) is 6.70. The van der Waals surface area contributed by atoms with E-state index in [-0.39, 0.29) is 40.7 Å². The molecule has 37 heavy (non-hydrogen) atoms. The molecule has 0 bridgehead atoms. The molecule has 2 aromatic carbocycles. The minimum atomic E-state index is -0.130. The van der Waals surface area contributed by atoms with Gasteiger partial charge in [0, 0.05) is 5.41 Å². The van der Waals surface area contributed by atoms with Crippen LogP contribution in [0.2, 0.25) is 0 Å². The minimum Gasteiger partial charge on any atom is -0.487 e. The van der Waals surface area contributed by atoms with Crippen molar-refractivity contribution in [3.05, 3.63) is 46.5 Å². The number of ether oxygens (including phenoxy) is 4. The van der Waals surface area contributed by atoms with Crippen LogP contribution in [0.3, 0.4) is 0 Å². The third-order valence-corrected chi connectivity index (χ3v) is 7.60. The van der Waals surface area contributed by atoms with Gasteiger partial charge in [0.2, 0.25) is 0 Å². The summed E-state index contributed by atoms with van der Waals surface area (Å²) in [6, 6.07) is 9.09. The van der Waals surface area contributed by atoms with Gasteiger partial charge in [-0.2, -0.15) is 0 Å². The number of hydrogen-bond donors (Lipinski definition) is 0. The molecule has 4 nitrogen and oxygen atoms in total. The predicted octanol–water partition coefficient (Wildman–Crippen LogP) is 8.48. The Balaban J connectivity index is 1.98. The van der Waals surface area contributed by atoms with Crippen molar-refractivity contribution in [2.75, 3.05) is 0 Å². The highest BCUT2D eigenvalue weighted by atomic mass is 16.5. The summed E-state index contributed by atoms with van der Waals surface area (Å²) in [5.74, 6) is 3.36. The molecule has 2 aliphatic rings. The Morgan fingerprint density at radius 1 is 0.459 bits per heavy atom. The van der Waals surface area contributed by atoms with Crippen LogP contribution in [0.4, 0.5) is 0 Å². The second-order valence-electron chi connectivity index (χ2n) is 13.6. The van der Waals surface area contributed by atoms with Gasteiger partial charge < -0.3 is 18.9 Å². The number of benzene rings is 2. The topological polar surface area (TPSA) is 36.9 Å². The maximum atomic E-state index is 6.35. The molecule has 0 radical (unpaired) electrons. The van der Waals surface area contributed by atoms with E-state index in [9.17, 15) is 0 Å². The maximum absolute atomic E-state index is 6.35. The summed E-state index contributed by atoms with van der Waals surface area (Å²) in [4.78, 5) is 0. The number of fused-ring (bicyclic) bond motifs is 4. The molecule has 204 valence electrons. The molecule has 2 aliphatic carbocycles. The molecule has 4 rings (SSSR count). The largest absolute Gasteiger partial charge is 0.487 e. The lowest BCUT2D eigenvalue weighted by Crippen LogP contribution is -2.27. The summed E-state index contributed by atoms with van der Waals surface area (Å²) < 4.78 is 25.3. The summed E-state index contributed by atoms with van der Waals surface area (Å²) >= 11 is 0. The van der Waals surface area contributed by atoms with Gasteiger partial charge >= 0.3 is 0 Å². The quantitative estimate of drug-likeness (QED) is 0.358. The predicted molar refractivity (Wildman–Crippen MR) is 152 cm³/mol. The molecular formula is C33H48O4. The smallest absolute Gasteiger partial charge is 0.161 e. The first-order chi connectivity index (χ1) is 17.1. The van der Waals surface area contributed by atoms with Crippen molar-refractivity contribution in [1.29, 1.82) is 0 Å². The summed E-state index contributed by atoms with van der Waals surface area (Å²) in [6.07, 6.45) is 2.34. The Morgan fingerprint density at radius 2 is 0.703 bits per heavy atom. The fourth-order valence-corrected chi connectivity index (χ4v) is 6.70.